The van der Waals surface area contributed by atoms with Gasteiger partial charge < -0.3 is 14.5 Å². The van der Waals surface area contributed by atoms with Crippen molar-refractivity contribution in [1.29, 1.82) is 0 Å². The molecule has 1 fully saturated rings. The standard InChI is InChI=1S/C24H25N5O2S/c1-14-8-9-29-18(22(25-20(29)11-14)17-7-6-15(2)16(3)12-17)13-21(30)26-24-28-27-23(32-24)19-5-4-10-31-19/h6-9,11-12,19H,4-5,10,13H2,1-3H3,(H,26,28,30). The van der Waals surface area contributed by atoms with E-state index in [4.69, 9.17) is 9.72 Å². The molecule has 0 aliphatic carbocycles. The number of aryl methyl sites for hydroxylation is 3. The molecule has 4 heterocycles. The third-order valence-electron chi connectivity index (χ3n) is 5.88. The molecule has 164 valence electrons. The van der Waals surface area contributed by atoms with Crippen molar-refractivity contribution in [2.75, 3.05) is 11.9 Å². The first-order valence-electron chi connectivity index (χ1n) is 10.8. The van der Waals surface area contributed by atoms with Gasteiger partial charge in [0.1, 0.15) is 16.8 Å². The zero-order valence-electron chi connectivity index (χ0n) is 18.4. The molecule has 4 aromatic rings. The Morgan fingerprint density at radius 2 is 2.06 bits per heavy atom. The molecule has 1 aliphatic heterocycles. The molecule has 1 saturated heterocycles. The molecule has 3 aromatic heterocycles. The lowest BCUT2D eigenvalue weighted by Gasteiger charge is -2.07. The second-order valence-corrected chi connectivity index (χ2v) is 9.32. The minimum Gasteiger partial charge on any atom is -0.371 e. The number of ether oxygens (including phenoxy) is 1. The van der Waals surface area contributed by atoms with Crippen LogP contribution in [-0.2, 0) is 16.0 Å². The van der Waals surface area contributed by atoms with Gasteiger partial charge in [-0.15, -0.1) is 10.2 Å². The molecule has 0 radical (unpaired) electrons. The minimum absolute atomic E-state index is 0.00320. The van der Waals surface area contributed by atoms with Crippen molar-refractivity contribution in [1.82, 2.24) is 19.6 Å². The predicted octanol–water partition coefficient (Wildman–Crippen LogP) is 4.81. The molecule has 5 rings (SSSR count). The first-order chi connectivity index (χ1) is 15.5. The zero-order valence-corrected chi connectivity index (χ0v) is 19.2. The van der Waals surface area contributed by atoms with Crippen molar-refractivity contribution in [3.63, 3.8) is 0 Å². The zero-order chi connectivity index (χ0) is 22.2. The average molecular weight is 448 g/mol. The number of fused-ring (bicyclic) bond motifs is 1. The molecule has 0 saturated carbocycles. The first-order valence-corrected chi connectivity index (χ1v) is 11.6. The number of rotatable bonds is 5. The Labute approximate surface area is 190 Å². The fraction of sp³-hybridized carbons (Fsp3) is 0.333. The molecule has 1 unspecified atom stereocenters. The lowest BCUT2D eigenvalue weighted by molar-refractivity contribution is -0.115. The van der Waals surface area contributed by atoms with E-state index in [0.717, 1.165) is 52.6 Å². The van der Waals surface area contributed by atoms with Crippen molar-refractivity contribution in [3.8, 4) is 11.3 Å². The smallest absolute Gasteiger partial charge is 0.232 e. The highest BCUT2D eigenvalue weighted by Gasteiger charge is 2.23. The Kier molecular flexibility index (Phi) is 5.48. The first kappa shape index (κ1) is 20.8. The molecule has 0 bridgehead atoms. The highest BCUT2D eigenvalue weighted by atomic mass is 32.1. The van der Waals surface area contributed by atoms with Gasteiger partial charge in [-0.25, -0.2) is 4.98 Å². The van der Waals surface area contributed by atoms with Gasteiger partial charge in [0.2, 0.25) is 11.0 Å². The van der Waals surface area contributed by atoms with Gasteiger partial charge in [0.05, 0.1) is 17.8 Å². The van der Waals surface area contributed by atoms with Gasteiger partial charge in [0.15, 0.2) is 0 Å². The van der Waals surface area contributed by atoms with E-state index in [1.165, 1.54) is 22.5 Å². The number of carbonyl (C=O) groups excluding carboxylic acids is 1. The van der Waals surface area contributed by atoms with E-state index in [9.17, 15) is 4.79 Å². The summed E-state index contributed by atoms with van der Waals surface area (Å²) in [5.41, 5.74) is 7.07. The van der Waals surface area contributed by atoms with Crippen LogP contribution in [0.3, 0.4) is 0 Å². The van der Waals surface area contributed by atoms with Gasteiger partial charge in [0.25, 0.3) is 0 Å². The number of amides is 1. The fourth-order valence-electron chi connectivity index (χ4n) is 3.99. The van der Waals surface area contributed by atoms with Crippen LogP contribution in [0.5, 0.6) is 0 Å². The predicted molar refractivity (Wildman–Crippen MR) is 125 cm³/mol. The number of hydrogen-bond donors (Lipinski definition) is 1. The third kappa shape index (κ3) is 4.03. The van der Waals surface area contributed by atoms with Gasteiger partial charge in [-0.05, 0) is 68.5 Å². The lowest BCUT2D eigenvalue weighted by atomic mass is 10.0. The summed E-state index contributed by atoms with van der Waals surface area (Å²) in [6.07, 6.45) is 4.13. The van der Waals surface area contributed by atoms with Crippen LogP contribution in [-0.4, -0.2) is 32.1 Å². The largest absolute Gasteiger partial charge is 0.371 e. The van der Waals surface area contributed by atoms with Crippen LogP contribution in [0, 0.1) is 20.8 Å². The SMILES string of the molecule is Cc1ccn2c(CC(=O)Nc3nnc(C4CCCO4)s3)c(-c3ccc(C)c(C)c3)nc2c1. The van der Waals surface area contributed by atoms with Crippen molar-refractivity contribution < 1.29 is 9.53 Å². The van der Waals surface area contributed by atoms with Crippen molar-refractivity contribution in [3.05, 3.63) is 63.9 Å². The summed E-state index contributed by atoms with van der Waals surface area (Å²) < 4.78 is 7.66. The second kappa shape index (κ2) is 8.44. The maximum atomic E-state index is 13.0. The van der Waals surface area contributed by atoms with E-state index in [2.05, 4.69) is 47.6 Å². The van der Waals surface area contributed by atoms with Gasteiger partial charge in [-0.2, -0.15) is 0 Å². The molecular weight excluding hydrogens is 422 g/mol. The van der Waals surface area contributed by atoms with Crippen LogP contribution in [0.15, 0.2) is 36.5 Å². The van der Waals surface area contributed by atoms with Crippen LogP contribution >= 0.6 is 11.3 Å². The maximum Gasteiger partial charge on any atom is 0.232 e. The Hall–Kier alpha value is -3.10. The molecule has 32 heavy (non-hydrogen) atoms. The number of hydrogen-bond acceptors (Lipinski definition) is 6. The number of nitrogens with zero attached hydrogens (tertiary/aromatic N) is 4. The molecule has 1 aromatic carbocycles. The summed E-state index contributed by atoms with van der Waals surface area (Å²) in [6, 6.07) is 10.3. The number of carbonyl (C=O) groups is 1. The van der Waals surface area contributed by atoms with Crippen LogP contribution in [0.25, 0.3) is 16.9 Å². The molecule has 0 spiro atoms. The van der Waals surface area contributed by atoms with E-state index in [-0.39, 0.29) is 18.4 Å². The quantitative estimate of drug-likeness (QED) is 0.475. The second-order valence-electron chi connectivity index (χ2n) is 8.31. The summed E-state index contributed by atoms with van der Waals surface area (Å²) >= 11 is 1.38. The molecule has 1 aliphatic rings. The number of imidazole rings is 1. The summed E-state index contributed by atoms with van der Waals surface area (Å²) in [7, 11) is 0. The Bertz CT molecular complexity index is 1300. The van der Waals surface area contributed by atoms with Crippen LogP contribution in [0.2, 0.25) is 0 Å². The van der Waals surface area contributed by atoms with E-state index in [1.54, 1.807) is 0 Å². The van der Waals surface area contributed by atoms with Crippen LogP contribution < -0.4 is 5.32 Å². The highest BCUT2D eigenvalue weighted by Crippen LogP contribution is 2.32. The van der Waals surface area contributed by atoms with E-state index < -0.39 is 0 Å². The molecule has 1 atom stereocenters. The third-order valence-corrected chi connectivity index (χ3v) is 6.81. The number of benzene rings is 1. The van der Waals surface area contributed by atoms with Gasteiger partial charge >= 0.3 is 0 Å². The van der Waals surface area contributed by atoms with E-state index >= 15 is 0 Å². The van der Waals surface area contributed by atoms with Crippen molar-refractivity contribution in [2.24, 2.45) is 0 Å². The normalized spacial score (nSPS) is 16.0. The van der Waals surface area contributed by atoms with Crippen LogP contribution in [0.1, 0.15) is 46.3 Å². The number of anilines is 1. The molecule has 7 nitrogen and oxygen atoms in total. The summed E-state index contributed by atoms with van der Waals surface area (Å²) in [5.74, 6) is -0.146. The topological polar surface area (TPSA) is 81.4 Å². The minimum atomic E-state index is -0.146. The number of aromatic nitrogens is 4. The molecule has 1 N–H and O–H groups in total. The lowest BCUT2D eigenvalue weighted by Crippen LogP contribution is -2.16. The molecule has 1 amide bonds. The monoisotopic (exact) mass is 447 g/mol. The maximum absolute atomic E-state index is 13.0. The van der Waals surface area contributed by atoms with E-state index in [1.807, 2.05) is 29.7 Å². The van der Waals surface area contributed by atoms with E-state index in [0.29, 0.717) is 5.13 Å². The van der Waals surface area contributed by atoms with Crippen molar-refractivity contribution >= 4 is 28.0 Å². The highest BCUT2D eigenvalue weighted by molar-refractivity contribution is 7.15. The summed E-state index contributed by atoms with van der Waals surface area (Å²) in [4.78, 5) is 17.9. The number of nitrogens with one attached hydrogen (secondary N) is 1. The Morgan fingerprint density at radius 1 is 1.19 bits per heavy atom. The average Bonchev–Trinajstić information content (AvgIpc) is 3.50. The Balaban J connectivity index is 1.44. The number of pyridine rings is 1. The molecule has 8 heteroatoms. The van der Waals surface area contributed by atoms with Gasteiger partial charge in [-0.3, -0.25) is 4.79 Å². The summed E-state index contributed by atoms with van der Waals surface area (Å²) in [6.45, 7) is 6.97. The van der Waals surface area contributed by atoms with Gasteiger partial charge in [-0.1, -0.05) is 23.5 Å². The summed E-state index contributed by atoms with van der Waals surface area (Å²) in [5, 5.41) is 12.6. The molecular formula is C24H25N5O2S. The fourth-order valence-corrected chi connectivity index (χ4v) is 4.83. The van der Waals surface area contributed by atoms with Crippen molar-refractivity contribution in [2.45, 2.75) is 46.1 Å². The van der Waals surface area contributed by atoms with Gasteiger partial charge in [0, 0.05) is 18.4 Å². The Morgan fingerprint density at radius 3 is 2.84 bits per heavy atom. The van der Waals surface area contributed by atoms with Crippen LogP contribution in [0.4, 0.5) is 5.13 Å².